The molecule has 1 N–H and O–H groups in total. The zero-order valence-corrected chi connectivity index (χ0v) is 15.4. The molecule has 1 saturated heterocycles. The molecule has 1 fully saturated rings. The van der Waals surface area contributed by atoms with Gasteiger partial charge < -0.3 is 15.0 Å². The molecule has 0 spiro atoms. The van der Waals surface area contributed by atoms with Crippen LogP contribution < -0.4 is 5.32 Å². The molecule has 2 amide bonds. The first-order valence-corrected chi connectivity index (χ1v) is 8.84. The highest BCUT2D eigenvalue weighted by atomic mass is 16.5. The van der Waals surface area contributed by atoms with E-state index in [2.05, 4.69) is 43.1 Å². The molecule has 1 atom stereocenters. The second-order valence-electron chi connectivity index (χ2n) is 6.93. The van der Waals surface area contributed by atoms with E-state index in [0.717, 1.165) is 26.3 Å². The molecule has 1 aromatic carbocycles. The smallest absolute Gasteiger partial charge is 0.317 e. The summed E-state index contributed by atoms with van der Waals surface area (Å²) in [5, 5.41) is 3.11. The van der Waals surface area contributed by atoms with E-state index >= 15 is 0 Å². The Kier molecular flexibility index (Phi) is 7.06. The predicted octanol–water partition coefficient (Wildman–Crippen LogP) is 2.49. The Morgan fingerprint density at radius 2 is 1.96 bits per heavy atom. The molecule has 0 bridgehead atoms. The summed E-state index contributed by atoms with van der Waals surface area (Å²) in [4.78, 5) is 16.6. The minimum Gasteiger partial charge on any atom is -0.379 e. The van der Waals surface area contributed by atoms with E-state index in [9.17, 15) is 4.79 Å². The van der Waals surface area contributed by atoms with Gasteiger partial charge in [0.25, 0.3) is 0 Å². The van der Waals surface area contributed by atoms with Gasteiger partial charge in [0.15, 0.2) is 0 Å². The molecule has 5 heteroatoms. The van der Waals surface area contributed by atoms with Crippen molar-refractivity contribution in [1.82, 2.24) is 15.1 Å². The van der Waals surface area contributed by atoms with Gasteiger partial charge in [-0.15, -0.1) is 0 Å². The number of ether oxygens (including phenoxy) is 1. The standard InChI is InChI=1S/C19H31N3O2/c1-15(2)18(22-9-11-24-12-10-22)13-20-19(23)21(4)14-17-8-6-5-7-16(17)3/h5-8,15,18H,9-14H2,1-4H3,(H,20,23). The van der Waals surface area contributed by atoms with Gasteiger partial charge in [-0.05, 0) is 24.0 Å². The first-order chi connectivity index (χ1) is 11.5. The van der Waals surface area contributed by atoms with Crippen molar-refractivity contribution in [2.75, 3.05) is 39.9 Å². The lowest BCUT2D eigenvalue weighted by molar-refractivity contribution is 0.00697. The highest BCUT2D eigenvalue weighted by molar-refractivity contribution is 5.73. The Balaban J connectivity index is 1.86. The number of nitrogens with one attached hydrogen (secondary N) is 1. The molecule has 0 radical (unpaired) electrons. The molecular formula is C19H31N3O2. The highest BCUT2D eigenvalue weighted by Crippen LogP contribution is 2.13. The summed E-state index contributed by atoms with van der Waals surface area (Å²) < 4.78 is 5.43. The predicted molar refractivity (Wildman–Crippen MR) is 97.1 cm³/mol. The van der Waals surface area contributed by atoms with Crippen LogP contribution in [0, 0.1) is 12.8 Å². The van der Waals surface area contributed by atoms with Crippen molar-refractivity contribution in [3.8, 4) is 0 Å². The van der Waals surface area contributed by atoms with Crippen molar-refractivity contribution in [1.29, 1.82) is 0 Å². The van der Waals surface area contributed by atoms with Gasteiger partial charge in [0.1, 0.15) is 0 Å². The quantitative estimate of drug-likeness (QED) is 0.870. The summed E-state index contributed by atoms with van der Waals surface area (Å²) in [6, 6.07) is 8.52. The zero-order chi connectivity index (χ0) is 17.5. The summed E-state index contributed by atoms with van der Waals surface area (Å²) >= 11 is 0. The summed E-state index contributed by atoms with van der Waals surface area (Å²) in [6.45, 7) is 11.3. The fourth-order valence-corrected chi connectivity index (χ4v) is 3.14. The normalized spacial score (nSPS) is 16.9. The maximum Gasteiger partial charge on any atom is 0.317 e. The molecule has 0 saturated carbocycles. The monoisotopic (exact) mass is 333 g/mol. The second kappa shape index (κ2) is 9.04. The SMILES string of the molecule is Cc1ccccc1CN(C)C(=O)NCC(C(C)C)N1CCOCC1. The third-order valence-corrected chi connectivity index (χ3v) is 4.76. The summed E-state index contributed by atoms with van der Waals surface area (Å²) in [5.74, 6) is 0.491. The summed E-state index contributed by atoms with van der Waals surface area (Å²) in [6.07, 6.45) is 0. The number of nitrogens with zero attached hydrogens (tertiary/aromatic N) is 2. The third-order valence-electron chi connectivity index (χ3n) is 4.76. The molecule has 0 aromatic heterocycles. The van der Waals surface area contributed by atoms with Crippen LogP contribution in [0.2, 0.25) is 0 Å². The van der Waals surface area contributed by atoms with Crippen LogP contribution in [0.3, 0.4) is 0 Å². The van der Waals surface area contributed by atoms with Gasteiger partial charge in [0.2, 0.25) is 0 Å². The van der Waals surface area contributed by atoms with E-state index in [0.29, 0.717) is 25.0 Å². The lowest BCUT2D eigenvalue weighted by Crippen LogP contribution is -2.52. The Hall–Kier alpha value is -1.59. The van der Waals surface area contributed by atoms with Gasteiger partial charge in [-0.3, -0.25) is 4.90 Å². The van der Waals surface area contributed by atoms with Crippen molar-refractivity contribution in [3.63, 3.8) is 0 Å². The molecule has 2 rings (SSSR count). The van der Waals surface area contributed by atoms with E-state index in [1.165, 1.54) is 11.1 Å². The van der Waals surface area contributed by atoms with Crippen LogP contribution in [0.5, 0.6) is 0 Å². The molecule has 1 aliphatic rings. The van der Waals surface area contributed by atoms with E-state index in [1.807, 2.05) is 19.2 Å². The molecule has 24 heavy (non-hydrogen) atoms. The first-order valence-electron chi connectivity index (χ1n) is 8.84. The van der Waals surface area contributed by atoms with Crippen molar-refractivity contribution in [3.05, 3.63) is 35.4 Å². The number of aryl methyl sites for hydroxylation is 1. The van der Waals surface area contributed by atoms with Crippen LogP contribution in [-0.2, 0) is 11.3 Å². The number of carbonyl (C=O) groups excluding carboxylic acids is 1. The van der Waals surface area contributed by atoms with Crippen LogP contribution in [0.1, 0.15) is 25.0 Å². The van der Waals surface area contributed by atoms with Crippen LogP contribution >= 0.6 is 0 Å². The minimum atomic E-state index is -0.0165. The number of amides is 2. The Morgan fingerprint density at radius 1 is 1.29 bits per heavy atom. The molecule has 1 aliphatic heterocycles. The molecule has 134 valence electrons. The van der Waals surface area contributed by atoms with Gasteiger partial charge in [-0.2, -0.15) is 0 Å². The molecule has 0 aliphatic carbocycles. The van der Waals surface area contributed by atoms with Gasteiger partial charge in [-0.1, -0.05) is 38.1 Å². The summed E-state index contributed by atoms with van der Waals surface area (Å²) in [7, 11) is 1.85. The number of urea groups is 1. The molecule has 1 heterocycles. The summed E-state index contributed by atoms with van der Waals surface area (Å²) in [5.41, 5.74) is 2.40. The Bertz CT molecular complexity index is 527. The highest BCUT2D eigenvalue weighted by Gasteiger charge is 2.24. The number of rotatable bonds is 6. The van der Waals surface area contributed by atoms with Crippen molar-refractivity contribution >= 4 is 6.03 Å². The van der Waals surface area contributed by atoms with Crippen molar-refractivity contribution < 1.29 is 9.53 Å². The fourth-order valence-electron chi connectivity index (χ4n) is 3.14. The van der Waals surface area contributed by atoms with Crippen LogP contribution in [0.15, 0.2) is 24.3 Å². The van der Waals surface area contributed by atoms with E-state index < -0.39 is 0 Å². The number of hydrogen-bond acceptors (Lipinski definition) is 3. The topological polar surface area (TPSA) is 44.8 Å². The molecule has 1 aromatic rings. The average molecular weight is 333 g/mol. The largest absolute Gasteiger partial charge is 0.379 e. The van der Waals surface area contributed by atoms with Crippen LogP contribution in [0.4, 0.5) is 4.79 Å². The van der Waals surface area contributed by atoms with Crippen molar-refractivity contribution in [2.45, 2.75) is 33.4 Å². The first kappa shape index (κ1) is 18.7. The van der Waals surface area contributed by atoms with E-state index in [4.69, 9.17) is 4.74 Å². The fraction of sp³-hybridized carbons (Fsp3) is 0.632. The maximum atomic E-state index is 12.4. The average Bonchev–Trinajstić information content (AvgIpc) is 2.57. The lowest BCUT2D eigenvalue weighted by Gasteiger charge is -2.37. The maximum absolute atomic E-state index is 12.4. The van der Waals surface area contributed by atoms with Crippen molar-refractivity contribution in [2.24, 2.45) is 5.92 Å². The molecule has 5 nitrogen and oxygen atoms in total. The van der Waals surface area contributed by atoms with Gasteiger partial charge in [-0.25, -0.2) is 4.79 Å². The van der Waals surface area contributed by atoms with Crippen LogP contribution in [0.25, 0.3) is 0 Å². The van der Waals surface area contributed by atoms with E-state index in [1.54, 1.807) is 4.90 Å². The van der Waals surface area contributed by atoms with Crippen LogP contribution in [-0.4, -0.2) is 61.8 Å². The second-order valence-corrected chi connectivity index (χ2v) is 6.93. The van der Waals surface area contributed by atoms with Gasteiger partial charge in [0, 0.05) is 39.3 Å². The Labute approximate surface area is 146 Å². The molecule has 1 unspecified atom stereocenters. The minimum absolute atomic E-state index is 0.0165. The zero-order valence-electron chi connectivity index (χ0n) is 15.4. The number of hydrogen-bond donors (Lipinski definition) is 1. The number of carbonyl (C=O) groups is 1. The molecular weight excluding hydrogens is 302 g/mol. The van der Waals surface area contributed by atoms with Gasteiger partial charge in [0.05, 0.1) is 13.2 Å². The van der Waals surface area contributed by atoms with Gasteiger partial charge >= 0.3 is 6.03 Å². The van der Waals surface area contributed by atoms with E-state index in [-0.39, 0.29) is 6.03 Å². The third kappa shape index (κ3) is 5.21. The lowest BCUT2D eigenvalue weighted by atomic mass is 10.0. The number of morpholine rings is 1. The number of benzene rings is 1. The Morgan fingerprint density at radius 3 is 2.58 bits per heavy atom.